The van der Waals surface area contributed by atoms with E-state index in [1.54, 1.807) is 0 Å². The molecule has 1 aromatic rings. The zero-order valence-corrected chi connectivity index (χ0v) is 13.5. The van der Waals surface area contributed by atoms with E-state index in [1.165, 1.54) is 5.56 Å². The van der Waals surface area contributed by atoms with Crippen molar-refractivity contribution in [1.29, 1.82) is 0 Å². The van der Waals surface area contributed by atoms with Crippen molar-refractivity contribution in [2.75, 3.05) is 39.3 Å². The van der Waals surface area contributed by atoms with Crippen LogP contribution in [0.2, 0.25) is 0 Å². The van der Waals surface area contributed by atoms with Gasteiger partial charge >= 0.3 is 0 Å². The lowest BCUT2D eigenvalue weighted by Gasteiger charge is -2.37. The van der Waals surface area contributed by atoms with Crippen LogP contribution in [0.1, 0.15) is 26.3 Å². The Kier molecular flexibility index (Phi) is 5.62. The van der Waals surface area contributed by atoms with Crippen molar-refractivity contribution in [3.8, 4) is 5.75 Å². The van der Waals surface area contributed by atoms with E-state index < -0.39 is 5.60 Å². The number of benzene rings is 1. The number of ether oxygens (including phenoxy) is 1. The van der Waals surface area contributed by atoms with E-state index in [-0.39, 0.29) is 0 Å². The molecule has 4 heteroatoms. The van der Waals surface area contributed by atoms with Crippen LogP contribution in [0.25, 0.3) is 0 Å². The van der Waals surface area contributed by atoms with Gasteiger partial charge in [0.25, 0.3) is 0 Å². The van der Waals surface area contributed by atoms with Crippen molar-refractivity contribution in [3.05, 3.63) is 29.8 Å². The second-order valence-corrected chi connectivity index (χ2v) is 6.41. The molecule has 0 amide bonds. The summed E-state index contributed by atoms with van der Waals surface area (Å²) in [7, 11) is 0. The molecule has 21 heavy (non-hydrogen) atoms. The first-order valence-corrected chi connectivity index (χ1v) is 7.86. The number of piperazine rings is 1. The second kappa shape index (κ2) is 7.25. The van der Waals surface area contributed by atoms with E-state index in [0.29, 0.717) is 6.61 Å². The summed E-state index contributed by atoms with van der Waals surface area (Å²) in [6.07, 6.45) is 0. The number of hydrogen-bond acceptors (Lipinski definition) is 4. The van der Waals surface area contributed by atoms with E-state index in [1.807, 2.05) is 32.9 Å². The van der Waals surface area contributed by atoms with Gasteiger partial charge in [-0.25, -0.2) is 0 Å². The molecular weight excluding hydrogens is 264 g/mol. The summed E-state index contributed by atoms with van der Waals surface area (Å²) in [5.74, 6) is 0.999. The normalized spacial score (nSPS) is 17.9. The quantitative estimate of drug-likeness (QED) is 0.869. The summed E-state index contributed by atoms with van der Waals surface area (Å²) in [5.41, 5.74) is 0.652. The maximum Gasteiger partial charge on any atom is 0.123 e. The van der Waals surface area contributed by atoms with Crippen molar-refractivity contribution >= 4 is 0 Å². The molecule has 0 bridgehead atoms. The van der Waals surface area contributed by atoms with E-state index in [2.05, 4.69) is 21.9 Å². The summed E-state index contributed by atoms with van der Waals surface area (Å²) in [4.78, 5) is 4.80. The van der Waals surface area contributed by atoms with Gasteiger partial charge in [-0.2, -0.15) is 0 Å². The van der Waals surface area contributed by atoms with Crippen molar-refractivity contribution < 1.29 is 9.84 Å². The molecule has 118 valence electrons. The third kappa shape index (κ3) is 5.30. The van der Waals surface area contributed by atoms with Gasteiger partial charge in [-0.15, -0.1) is 0 Å². The van der Waals surface area contributed by atoms with Crippen molar-refractivity contribution in [2.24, 2.45) is 0 Å². The van der Waals surface area contributed by atoms with E-state index in [4.69, 9.17) is 4.74 Å². The molecule has 0 radical (unpaired) electrons. The molecule has 0 aliphatic carbocycles. The van der Waals surface area contributed by atoms with Crippen molar-refractivity contribution in [2.45, 2.75) is 32.9 Å². The molecule has 1 aromatic carbocycles. The molecule has 0 aromatic heterocycles. The van der Waals surface area contributed by atoms with Gasteiger partial charge in [0.2, 0.25) is 0 Å². The van der Waals surface area contributed by atoms with Crippen LogP contribution in [-0.2, 0) is 6.54 Å². The largest absolute Gasteiger partial charge is 0.494 e. The molecule has 1 heterocycles. The van der Waals surface area contributed by atoms with Gasteiger partial charge in [-0.1, -0.05) is 18.2 Å². The Balaban J connectivity index is 1.86. The first-order valence-electron chi connectivity index (χ1n) is 7.86. The average Bonchev–Trinajstić information content (AvgIpc) is 2.42. The van der Waals surface area contributed by atoms with E-state index in [0.717, 1.165) is 45.0 Å². The molecular formula is C17H28N2O2. The lowest BCUT2D eigenvalue weighted by molar-refractivity contribution is 0.0166. The Labute approximate surface area is 128 Å². The maximum absolute atomic E-state index is 9.89. The molecule has 1 N–H and O–H groups in total. The number of aliphatic hydroxyl groups is 1. The standard InChI is InChI=1S/C17H28N2O2/c1-4-21-16-8-6-5-7-15(16)13-18-9-11-19(12-10-18)14-17(2,3)20/h5-8,20H,4,9-14H2,1-3H3. The van der Waals surface area contributed by atoms with Gasteiger partial charge < -0.3 is 9.84 Å². The third-order valence-corrected chi connectivity index (χ3v) is 3.74. The highest BCUT2D eigenvalue weighted by Crippen LogP contribution is 2.20. The zero-order chi connectivity index (χ0) is 15.3. The molecule has 0 saturated carbocycles. The predicted octanol–water partition coefficient (Wildman–Crippen LogP) is 1.97. The number of nitrogens with zero attached hydrogens (tertiary/aromatic N) is 2. The van der Waals surface area contributed by atoms with Crippen molar-refractivity contribution in [1.82, 2.24) is 9.80 Å². The Morgan fingerprint density at radius 2 is 1.71 bits per heavy atom. The molecule has 1 fully saturated rings. The summed E-state index contributed by atoms with van der Waals surface area (Å²) >= 11 is 0. The highest BCUT2D eigenvalue weighted by molar-refractivity contribution is 5.33. The monoisotopic (exact) mass is 292 g/mol. The van der Waals surface area contributed by atoms with Crippen LogP contribution < -0.4 is 4.74 Å². The zero-order valence-electron chi connectivity index (χ0n) is 13.5. The average molecular weight is 292 g/mol. The molecule has 2 rings (SSSR count). The van der Waals surface area contributed by atoms with Crippen LogP contribution in [0.3, 0.4) is 0 Å². The van der Waals surface area contributed by atoms with Crippen molar-refractivity contribution in [3.63, 3.8) is 0 Å². The Morgan fingerprint density at radius 3 is 2.33 bits per heavy atom. The fourth-order valence-electron chi connectivity index (χ4n) is 2.82. The van der Waals surface area contributed by atoms with Crippen LogP contribution in [0.4, 0.5) is 0 Å². The minimum Gasteiger partial charge on any atom is -0.494 e. The smallest absolute Gasteiger partial charge is 0.123 e. The summed E-state index contributed by atoms with van der Waals surface area (Å²) in [6.45, 7) is 12.3. The Hall–Kier alpha value is -1.10. The highest BCUT2D eigenvalue weighted by atomic mass is 16.5. The maximum atomic E-state index is 9.89. The SMILES string of the molecule is CCOc1ccccc1CN1CCN(CC(C)(C)O)CC1. The minimum absolute atomic E-state index is 0.607. The number of para-hydroxylation sites is 1. The Morgan fingerprint density at radius 1 is 1.10 bits per heavy atom. The number of hydrogen-bond donors (Lipinski definition) is 1. The molecule has 1 aliphatic rings. The van der Waals surface area contributed by atoms with Crippen LogP contribution in [-0.4, -0.2) is 59.8 Å². The predicted molar refractivity (Wildman–Crippen MR) is 85.6 cm³/mol. The topological polar surface area (TPSA) is 35.9 Å². The van der Waals surface area contributed by atoms with E-state index in [9.17, 15) is 5.11 Å². The van der Waals surface area contributed by atoms with Gasteiger partial charge in [-0.05, 0) is 26.8 Å². The second-order valence-electron chi connectivity index (χ2n) is 6.41. The van der Waals surface area contributed by atoms with Crippen LogP contribution in [0, 0.1) is 0 Å². The van der Waals surface area contributed by atoms with E-state index >= 15 is 0 Å². The van der Waals surface area contributed by atoms with Crippen LogP contribution in [0.15, 0.2) is 24.3 Å². The molecule has 1 aliphatic heterocycles. The summed E-state index contributed by atoms with van der Waals surface area (Å²) in [6, 6.07) is 8.29. The third-order valence-electron chi connectivity index (χ3n) is 3.74. The molecule has 0 unspecified atom stereocenters. The fourth-order valence-corrected chi connectivity index (χ4v) is 2.82. The first-order chi connectivity index (χ1) is 9.98. The number of rotatable bonds is 6. The van der Waals surface area contributed by atoms with Gasteiger partial charge in [0.1, 0.15) is 5.75 Å². The highest BCUT2D eigenvalue weighted by Gasteiger charge is 2.23. The molecule has 0 atom stereocenters. The van der Waals surface area contributed by atoms with Crippen LogP contribution in [0.5, 0.6) is 5.75 Å². The molecule has 0 spiro atoms. The van der Waals surface area contributed by atoms with Crippen LogP contribution >= 0.6 is 0 Å². The lowest BCUT2D eigenvalue weighted by Crippen LogP contribution is -2.50. The number of β-amino-alcohol motifs (C(OH)–C–C–N with tert-alkyl or cyclic N) is 1. The summed E-state index contributed by atoms with van der Waals surface area (Å²) in [5, 5.41) is 9.89. The van der Waals surface area contributed by atoms with Gasteiger partial charge in [-0.3, -0.25) is 9.80 Å². The molecule has 1 saturated heterocycles. The minimum atomic E-state index is -0.607. The lowest BCUT2D eigenvalue weighted by atomic mass is 10.1. The fraction of sp³-hybridized carbons (Fsp3) is 0.647. The molecule has 4 nitrogen and oxygen atoms in total. The van der Waals surface area contributed by atoms with Gasteiger partial charge in [0, 0.05) is 44.8 Å². The Bertz CT molecular complexity index is 435. The first kappa shape index (κ1) is 16.3. The summed E-state index contributed by atoms with van der Waals surface area (Å²) < 4.78 is 5.70. The van der Waals surface area contributed by atoms with Gasteiger partial charge in [0.05, 0.1) is 12.2 Å². The van der Waals surface area contributed by atoms with Gasteiger partial charge in [0.15, 0.2) is 0 Å².